The van der Waals surface area contributed by atoms with Crippen molar-refractivity contribution in [1.82, 2.24) is 19.8 Å². The van der Waals surface area contributed by atoms with E-state index in [1.807, 2.05) is 0 Å². The van der Waals surface area contributed by atoms with Crippen molar-refractivity contribution in [2.75, 3.05) is 19.6 Å². The van der Waals surface area contributed by atoms with E-state index in [2.05, 4.69) is 9.88 Å². The lowest BCUT2D eigenvalue weighted by Gasteiger charge is -2.33. The van der Waals surface area contributed by atoms with Gasteiger partial charge in [-0.2, -0.15) is 0 Å². The zero-order valence-electron chi connectivity index (χ0n) is 18.5. The number of nitrogens with one attached hydrogen (secondary N) is 1. The lowest BCUT2D eigenvalue weighted by atomic mass is 9.88. The van der Waals surface area contributed by atoms with Gasteiger partial charge in [0.25, 0.3) is 11.5 Å². The molecular formula is C25H31FN4O2. The summed E-state index contributed by atoms with van der Waals surface area (Å²) in [7, 11) is 0. The maximum atomic E-state index is 13.6. The van der Waals surface area contributed by atoms with Crippen LogP contribution in [-0.2, 0) is 13.0 Å². The molecule has 1 saturated carbocycles. The van der Waals surface area contributed by atoms with Crippen LogP contribution in [0.4, 0.5) is 4.39 Å². The molecule has 1 saturated heterocycles. The second-order valence-electron chi connectivity index (χ2n) is 9.53. The minimum Gasteiger partial charge on any atom is -0.328 e. The van der Waals surface area contributed by atoms with E-state index in [0.29, 0.717) is 24.5 Å². The zero-order valence-corrected chi connectivity index (χ0v) is 18.5. The van der Waals surface area contributed by atoms with Crippen molar-refractivity contribution in [2.45, 2.75) is 64.0 Å². The molecule has 32 heavy (non-hydrogen) atoms. The molecule has 1 aromatic heterocycles. The van der Waals surface area contributed by atoms with Crippen molar-refractivity contribution >= 4 is 5.91 Å². The summed E-state index contributed by atoms with van der Waals surface area (Å²) >= 11 is 0. The number of nitrogens with zero attached hydrogens (tertiary/aromatic N) is 3. The van der Waals surface area contributed by atoms with Crippen LogP contribution in [0.1, 0.15) is 78.4 Å². The number of halogens is 1. The monoisotopic (exact) mass is 438 g/mol. The van der Waals surface area contributed by atoms with Gasteiger partial charge in [-0.1, -0.05) is 25.3 Å². The Hall–Kier alpha value is -2.54. The predicted octanol–water partition coefficient (Wildman–Crippen LogP) is 3.82. The molecule has 7 heteroatoms. The first-order chi connectivity index (χ1) is 15.6. The quantitative estimate of drug-likeness (QED) is 0.788. The first-order valence-corrected chi connectivity index (χ1v) is 12.0. The highest BCUT2D eigenvalue weighted by Gasteiger charge is 2.34. The molecule has 0 spiro atoms. The van der Waals surface area contributed by atoms with Gasteiger partial charge < -0.3 is 9.88 Å². The highest BCUT2D eigenvalue weighted by atomic mass is 19.1. The fourth-order valence-corrected chi connectivity index (χ4v) is 5.63. The molecule has 2 aromatic rings. The molecule has 0 unspecified atom stereocenters. The number of hydrogen-bond acceptors (Lipinski definition) is 4. The molecular weight excluding hydrogens is 407 g/mol. The van der Waals surface area contributed by atoms with Gasteiger partial charge in [0.1, 0.15) is 11.6 Å². The Morgan fingerprint density at radius 1 is 1.12 bits per heavy atom. The third-order valence-corrected chi connectivity index (χ3v) is 7.31. The van der Waals surface area contributed by atoms with Gasteiger partial charge in [-0.05, 0) is 49.8 Å². The van der Waals surface area contributed by atoms with E-state index < -0.39 is 5.82 Å². The molecule has 2 aliphatic heterocycles. The van der Waals surface area contributed by atoms with Gasteiger partial charge in [0.15, 0.2) is 0 Å². The van der Waals surface area contributed by atoms with E-state index in [1.54, 1.807) is 17.0 Å². The smallest absolute Gasteiger partial charge is 0.255 e. The molecule has 1 atom stereocenters. The standard InChI is InChI=1S/C25H31FN4O2/c26-19-9-4-8-18(14-19)25(32)30-12-5-10-22(30)23-27-21-11-13-29(16-20(21)24(31)28-23)15-17-6-2-1-3-7-17/h4,8-9,14,17,22H,1-3,5-7,10-13,15-16H2,(H,27,28,31)/t22-/m0/s1. The summed E-state index contributed by atoms with van der Waals surface area (Å²) in [5, 5.41) is 0. The molecule has 0 radical (unpaired) electrons. The average molecular weight is 439 g/mol. The molecule has 3 heterocycles. The van der Waals surface area contributed by atoms with E-state index in [9.17, 15) is 14.0 Å². The number of hydrogen-bond donors (Lipinski definition) is 1. The summed E-state index contributed by atoms with van der Waals surface area (Å²) in [6, 6.07) is 5.50. The van der Waals surface area contributed by atoms with Gasteiger partial charge in [0, 0.05) is 38.2 Å². The number of H-pyrrole nitrogens is 1. The van der Waals surface area contributed by atoms with Crippen LogP contribution in [0.15, 0.2) is 29.1 Å². The van der Waals surface area contributed by atoms with Crippen molar-refractivity contribution in [1.29, 1.82) is 0 Å². The Morgan fingerprint density at radius 2 is 1.97 bits per heavy atom. The second-order valence-corrected chi connectivity index (χ2v) is 9.53. The van der Waals surface area contributed by atoms with Gasteiger partial charge in [0.05, 0.1) is 17.3 Å². The van der Waals surface area contributed by atoms with Crippen LogP contribution in [-0.4, -0.2) is 45.3 Å². The third-order valence-electron chi connectivity index (χ3n) is 7.31. The molecule has 1 aliphatic carbocycles. The van der Waals surface area contributed by atoms with Gasteiger partial charge in [-0.15, -0.1) is 0 Å². The normalized spacial score (nSPS) is 22.2. The van der Waals surface area contributed by atoms with Gasteiger partial charge in [-0.25, -0.2) is 9.37 Å². The van der Waals surface area contributed by atoms with Gasteiger partial charge >= 0.3 is 0 Å². The van der Waals surface area contributed by atoms with Gasteiger partial charge in [-0.3, -0.25) is 14.5 Å². The summed E-state index contributed by atoms with van der Waals surface area (Å²) in [5.41, 5.74) is 1.89. The highest BCUT2D eigenvalue weighted by Crippen LogP contribution is 2.32. The van der Waals surface area contributed by atoms with E-state index in [-0.39, 0.29) is 17.5 Å². The number of benzene rings is 1. The van der Waals surface area contributed by atoms with Crippen LogP contribution < -0.4 is 5.56 Å². The van der Waals surface area contributed by atoms with E-state index in [0.717, 1.165) is 49.5 Å². The van der Waals surface area contributed by atoms with Crippen LogP contribution in [0.25, 0.3) is 0 Å². The number of carbonyl (C=O) groups excluding carboxylic acids is 1. The van der Waals surface area contributed by atoms with Crippen molar-refractivity contribution in [3.63, 3.8) is 0 Å². The molecule has 1 aromatic carbocycles. The first kappa shape index (κ1) is 21.3. The van der Waals surface area contributed by atoms with Crippen LogP contribution in [0.5, 0.6) is 0 Å². The number of rotatable bonds is 4. The second kappa shape index (κ2) is 9.14. The fourth-order valence-electron chi connectivity index (χ4n) is 5.63. The SMILES string of the molecule is O=C(c1cccc(F)c1)N1CCC[C@H]1c1nc2c(c(=O)[nH]1)CN(CC1CCCCC1)CC2. The minimum atomic E-state index is -0.426. The third kappa shape index (κ3) is 4.35. The molecule has 1 N–H and O–H groups in total. The number of aromatic amines is 1. The van der Waals surface area contributed by atoms with Crippen molar-refractivity contribution < 1.29 is 9.18 Å². The highest BCUT2D eigenvalue weighted by molar-refractivity contribution is 5.94. The number of likely N-dealkylation sites (tertiary alicyclic amines) is 1. The van der Waals surface area contributed by atoms with Crippen LogP contribution in [0.3, 0.4) is 0 Å². The minimum absolute atomic E-state index is 0.0802. The molecule has 2 fully saturated rings. The molecule has 6 nitrogen and oxygen atoms in total. The van der Waals surface area contributed by atoms with E-state index >= 15 is 0 Å². The summed E-state index contributed by atoms with van der Waals surface area (Å²) in [6.45, 7) is 3.23. The topological polar surface area (TPSA) is 69.3 Å². The lowest BCUT2D eigenvalue weighted by Crippen LogP contribution is -2.40. The van der Waals surface area contributed by atoms with Crippen LogP contribution >= 0.6 is 0 Å². The lowest BCUT2D eigenvalue weighted by molar-refractivity contribution is 0.0728. The Labute approximate surface area is 187 Å². The number of carbonyl (C=O) groups is 1. The summed E-state index contributed by atoms with van der Waals surface area (Å²) in [4.78, 5) is 38.0. The number of fused-ring (bicyclic) bond motifs is 1. The fraction of sp³-hybridized carbons (Fsp3) is 0.560. The largest absolute Gasteiger partial charge is 0.328 e. The first-order valence-electron chi connectivity index (χ1n) is 12.0. The van der Waals surface area contributed by atoms with E-state index in [1.165, 1.54) is 44.2 Å². The van der Waals surface area contributed by atoms with E-state index in [4.69, 9.17) is 4.98 Å². The predicted molar refractivity (Wildman–Crippen MR) is 120 cm³/mol. The van der Waals surface area contributed by atoms with Crippen LogP contribution in [0, 0.1) is 11.7 Å². The van der Waals surface area contributed by atoms with Gasteiger partial charge in [0.2, 0.25) is 0 Å². The maximum Gasteiger partial charge on any atom is 0.255 e. The zero-order chi connectivity index (χ0) is 22.1. The Morgan fingerprint density at radius 3 is 2.78 bits per heavy atom. The van der Waals surface area contributed by atoms with Crippen molar-refractivity contribution in [3.8, 4) is 0 Å². The molecule has 5 rings (SSSR count). The van der Waals surface area contributed by atoms with Crippen molar-refractivity contribution in [3.05, 3.63) is 63.1 Å². The molecule has 170 valence electrons. The molecule has 1 amide bonds. The summed E-state index contributed by atoms with van der Waals surface area (Å²) < 4.78 is 13.6. The average Bonchev–Trinajstić information content (AvgIpc) is 3.29. The Balaban J connectivity index is 1.33. The molecule has 3 aliphatic rings. The summed E-state index contributed by atoms with van der Waals surface area (Å²) in [5.74, 6) is 0.671. The number of aromatic nitrogens is 2. The van der Waals surface area contributed by atoms with Crippen LogP contribution in [0.2, 0.25) is 0 Å². The number of amides is 1. The Bertz CT molecular complexity index is 1050. The Kier molecular flexibility index (Phi) is 6.09. The molecule has 0 bridgehead atoms. The maximum absolute atomic E-state index is 13.6. The summed E-state index contributed by atoms with van der Waals surface area (Å²) in [6.07, 6.45) is 8.95. The van der Waals surface area contributed by atoms with Crippen molar-refractivity contribution in [2.24, 2.45) is 5.92 Å².